The Morgan fingerprint density at radius 2 is 1.71 bits per heavy atom. The van der Waals surface area contributed by atoms with E-state index in [1.54, 1.807) is 17.8 Å². The number of benzene rings is 2. The third-order valence-corrected chi connectivity index (χ3v) is 7.43. The number of aromatic nitrogens is 2. The van der Waals surface area contributed by atoms with E-state index in [0.717, 1.165) is 54.4 Å². The highest BCUT2D eigenvalue weighted by Crippen LogP contribution is 2.26. The number of piperidine rings is 1. The summed E-state index contributed by atoms with van der Waals surface area (Å²) in [6.45, 7) is 3.63. The molecule has 3 heterocycles. The molecule has 35 heavy (non-hydrogen) atoms. The van der Waals surface area contributed by atoms with Crippen molar-refractivity contribution < 1.29 is 9.21 Å². The Bertz CT molecular complexity index is 1250. The monoisotopic (exact) mass is 483 g/mol. The number of hydrogen-bond acceptors (Lipinski definition) is 5. The molecule has 0 spiro atoms. The molecule has 178 valence electrons. The van der Waals surface area contributed by atoms with Gasteiger partial charge in [0.25, 0.3) is 5.91 Å². The number of thioether (sulfide) groups is 1. The largest absolute Gasteiger partial charge is 0.455 e. The van der Waals surface area contributed by atoms with E-state index >= 15 is 0 Å². The lowest BCUT2D eigenvalue weighted by Gasteiger charge is -2.31. The van der Waals surface area contributed by atoms with E-state index in [1.807, 2.05) is 23.1 Å². The summed E-state index contributed by atoms with van der Waals surface area (Å²) < 4.78 is 5.89. The minimum absolute atomic E-state index is 0.0124. The SMILES string of the molecule is Cc1ccc(-c2ccc(SCc3ccc(C(=O)N4CCC(Cc5ccccc5)CC4)o3)nn2)cc1. The Hall–Kier alpha value is -3.38. The number of furan rings is 1. The summed E-state index contributed by atoms with van der Waals surface area (Å²) in [6, 6.07) is 26.5. The van der Waals surface area contributed by atoms with E-state index in [0.29, 0.717) is 17.4 Å². The van der Waals surface area contributed by atoms with E-state index in [2.05, 4.69) is 71.7 Å². The van der Waals surface area contributed by atoms with Gasteiger partial charge in [0.2, 0.25) is 0 Å². The van der Waals surface area contributed by atoms with Gasteiger partial charge in [-0.05, 0) is 61.9 Å². The first-order chi connectivity index (χ1) is 17.1. The molecule has 0 unspecified atom stereocenters. The standard InChI is InChI=1S/C29H29N3O2S/c1-21-7-9-24(10-8-21)26-12-14-28(31-30-26)35-20-25-11-13-27(34-25)29(33)32-17-15-23(16-18-32)19-22-5-3-2-4-6-22/h2-14,23H,15-20H2,1H3. The smallest absolute Gasteiger partial charge is 0.289 e. The number of rotatable bonds is 7. The Morgan fingerprint density at radius 3 is 2.43 bits per heavy atom. The number of aryl methyl sites for hydroxylation is 1. The number of carbonyl (C=O) groups excluding carboxylic acids is 1. The van der Waals surface area contributed by atoms with E-state index in [1.165, 1.54) is 11.1 Å². The van der Waals surface area contributed by atoms with Crippen LogP contribution in [0, 0.1) is 12.8 Å². The van der Waals surface area contributed by atoms with Gasteiger partial charge in [0, 0.05) is 18.7 Å². The number of amides is 1. The van der Waals surface area contributed by atoms with Crippen LogP contribution in [0.15, 0.2) is 88.3 Å². The molecule has 1 saturated heterocycles. The van der Waals surface area contributed by atoms with Crippen molar-refractivity contribution in [3.05, 3.63) is 102 Å². The highest BCUT2D eigenvalue weighted by molar-refractivity contribution is 7.98. The van der Waals surface area contributed by atoms with Crippen LogP contribution in [-0.4, -0.2) is 34.1 Å². The molecule has 1 aliphatic heterocycles. The molecular formula is C29H29N3O2S. The van der Waals surface area contributed by atoms with Crippen LogP contribution >= 0.6 is 11.8 Å². The summed E-state index contributed by atoms with van der Waals surface area (Å²) in [5.41, 5.74) is 4.50. The summed E-state index contributed by atoms with van der Waals surface area (Å²) in [4.78, 5) is 14.9. The quantitative estimate of drug-likeness (QED) is 0.283. The lowest BCUT2D eigenvalue weighted by molar-refractivity contribution is 0.0657. The van der Waals surface area contributed by atoms with Crippen molar-refractivity contribution >= 4 is 17.7 Å². The Labute approximate surface area is 210 Å². The van der Waals surface area contributed by atoms with Crippen molar-refractivity contribution in [3.8, 4) is 11.3 Å². The average molecular weight is 484 g/mol. The van der Waals surface area contributed by atoms with Gasteiger partial charge in [-0.25, -0.2) is 0 Å². The second-order valence-corrected chi connectivity index (χ2v) is 10.1. The maximum atomic E-state index is 12.9. The first-order valence-corrected chi connectivity index (χ1v) is 13.1. The van der Waals surface area contributed by atoms with Crippen LogP contribution < -0.4 is 0 Å². The van der Waals surface area contributed by atoms with Gasteiger partial charge in [-0.15, -0.1) is 10.2 Å². The third-order valence-electron chi connectivity index (χ3n) is 6.49. The molecule has 0 bridgehead atoms. The molecule has 2 aromatic heterocycles. The fraction of sp³-hybridized carbons (Fsp3) is 0.276. The van der Waals surface area contributed by atoms with Crippen LogP contribution in [0.1, 0.15) is 40.3 Å². The van der Waals surface area contributed by atoms with Crippen LogP contribution in [0.25, 0.3) is 11.3 Å². The van der Waals surface area contributed by atoms with Gasteiger partial charge in [-0.1, -0.05) is 71.9 Å². The number of hydrogen-bond donors (Lipinski definition) is 0. The van der Waals surface area contributed by atoms with Gasteiger partial charge in [0.05, 0.1) is 11.4 Å². The maximum absolute atomic E-state index is 12.9. The molecule has 4 aromatic rings. The Morgan fingerprint density at radius 1 is 0.943 bits per heavy atom. The molecule has 1 amide bonds. The third kappa shape index (κ3) is 6.01. The average Bonchev–Trinajstić information content (AvgIpc) is 3.38. The fourth-order valence-electron chi connectivity index (χ4n) is 4.43. The molecule has 0 N–H and O–H groups in total. The minimum Gasteiger partial charge on any atom is -0.455 e. The molecule has 6 heteroatoms. The first kappa shape index (κ1) is 23.4. The van der Waals surface area contributed by atoms with E-state index in [9.17, 15) is 4.79 Å². The van der Waals surface area contributed by atoms with Crippen molar-refractivity contribution in [2.75, 3.05) is 13.1 Å². The molecule has 1 aliphatic rings. The predicted molar refractivity (Wildman–Crippen MR) is 139 cm³/mol. The van der Waals surface area contributed by atoms with Gasteiger partial charge < -0.3 is 9.32 Å². The first-order valence-electron chi connectivity index (χ1n) is 12.1. The molecule has 5 rings (SSSR count). The second-order valence-electron chi connectivity index (χ2n) is 9.10. The summed E-state index contributed by atoms with van der Waals surface area (Å²) >= 11 is 1.55. The van der Waals surface area contributed by atoms with Crippen molar-refractivity contribution in [2.45, 2.75) is 37.0 Å². The van der Waals surface area contributed by atoms with Crippen LogP contribution in [-0.2, 0) is 12.2 Å². The Kier molecular flexibility index (Phi) is 7.28. The summed E-state index contributed by atoms with van der Waals surface area (Å²) in [5.74, 6) is 2.40. The Balaban J connectivity index is 1.11. The molecule has 0 aliphatic carbocycles. The molecule has 0 radical (unpaired) electrons. The van der Waals surface area contributed by atoms with E-state index in [4.69, 9.17) is 4.42 Å². The normalized spacial score (nSPS) is 14.3. The van der Waals surface area contributed by atoms with Gasteiger partial charge >= 0.3 is 0 Å². The van der Waals surface area contributed by atoms with Gasteiger partial charge in [0.15, 0.2) is 5.76 Å². The number of nitrogens with zero attached hydrogens (tertiary/aromatic N) is 3. The molecule has 0 saturated carbocycles. The lowest BCUT2D eigenvalue weighted by Crippen LogP contribution is -2.38. The van der Waals surface area contributed by atoms with Crippen LogP contribution in [0.2, 0.25) is 0 Å². The summed E-state index contributed by atoms with van der Waals surface area (Å²) in [6.07, 6.45) is 3.14. The van der Waals surface area contributed by atoms with E-state index < -0.39 is 0 Å². The molecule has 1 fully saturated rings. The van der Waals surface area contributed by atoms with Crippen molar-refractivity contribution in [1.82, 2.24) is 15.1 Å². The van der Waals surface area contributed by atoms with Gasteiger partial charge in [0.1, 0.15) is 10.8 Å². The summed E-state index contributed by atoms with van der Waals surface area (Å²) in [5, 5.41) is 9.52. The predicted octanol–water partition coefficient (Wildman–Crippen LogP) is 6.43. The topological polar surface area (TPSA) is 59.2 Å². The van der Waals surface area contributed by atoms with Crippen LogP contribution in [0.5, 0.6) is 0 Å². The van der Waals surface area contributed by atoms with Crippen molar-refractivity contribution in [1.29, 1.82) is 0 Å². The minimum atomic E-state index is -0.0124. The van der Waals surface area contributed by atoms with Crippen LogP contribution in [0.3, 0.4) is 0 Å². The lowest BCUT2D eigenvalue weighted by atomic mass is 9.90. The summed E-state index contributed by atoms with van der Waals surface area (Å²) in [7, 11) is 0. The van der Waals surface area contributed by atoms with E-state index in [-0.39, 0.29) is 5.91 Å². The van der Waals surface area contributed by atoms with Crippen molar-refractivity contribution in [2.24, 2.45) is 5.92 Å². The molecule has 0 atom stereocenters. The van der Waals surface area contributed by atoms with Gasteiger partial charge in [-0.2, -0.15) is 0 Å². The molecular weight excluding hydrogens is 454 g/mol. The highest BCUT2D eigenvalue weighted by atomic mass is 32.2. The second kappa shape index (κ2) is 10.9. The zero-order valence-electron chi connectivity index (χ0n) is 19.9. The van der Waals surface area contributed by atoms with Crippen molar-refractivity contribution in [3.63, 3.8) is 0 Å². The zero-order valence-corrected chi connectivity index (χ0v) is 20.7. The number of likely N-dealkylation sites (tertiary alicyclic amines) is 1. The van der Waals surface area contributed by atoms with Crippen LogP contribution in [0.4, 0.5) is 0 Å². The molecule has 5 nitrogen and oxygen atoms in total. The maximum Gasteiger partial charge on any atom is 0.289 e. The highest BCUT2D eigenvalue weighted by Gasteiger charge is 2.25. The molecule has 2 aromatic carbocycles. The van der Waals surface area contributed by atoms with Gasteiger partial charge in [-0.3, -0.25) is 4.79 Å². The number of carbonyl (C=O) groups is 1. The zero-order chi connectivity index (χ0) is 24.0. The fourth-order valence-corrected chi connectivity index (χ4v) is 5.14.